The maximum atomic E-state index is 12.9. The second kappa shape index (κ2) is 7.79. The van der Waals surface area contributed by atoms with Gasteiger partial charge in [-0.15, -0.1) is 11.3 Å². The van der Waals surface area contributed by atoms with E-state index in [-0.39, 0.29) is 33.9 Å². The number of benzene rings is 1. The topological polar surface area (TPSA) is 92.8 Å². The van der Waals surface area contributed by atoms with Crippen molar-refractivity contribution in [2.75, 3.05) is 12.4 Å². The zero-order chi connectivity index (χ0) is 20.5. The van der Waals surface area contributed by atoms with Crippen molar-refractivity contribution < 1.29 is 23.9 Å². The summed E-state index contributed by atoms with van der Waals surface area (Å²) in [7, 11) is 1.27. The van der Waals surface area contributed by atoms with E-state index in [4.69, 9.17) is 4.74 Å². The average molecular weight is 412 g/mol. The van der Waals surface area contributed by atoms with E-state index in [2.05, 4.69) is 5.32 Å². The molecule has 0 unspecified atom stereocenters. The van der Waals surface area contributed by atoms with Gasteiger partial charge in [0.2, 0.25) is 0 Å². The van der Waals surface area contributed by atoms with Crippen LogP contribution in [0.1, 0.15) is 72.8 Å². The van der Waals surface area contributed by atoms with Gasteiger partial charge in [0.25, 0.3) is 17.7 Å². The van der Waals surface area contributed by atoms with Crippen LogP contribution in [0.5, 0.6) is 0 Å². The summed E-state index contributed by atoms with van der Waals surface area (Å²) in [5, 5.41) is 4.35. The average Bonchev–Trinajstić information content (AvgIpc) is 3.30. The monoisotopic (exact) mass is 412 g/mol. The van der Waals surface area contributed by atoms with Gasteiger partial charge in [0.15, 0.2) is 0 Å². The van der Waals surface area contributed by atoms with E-state index in [9.17, 15) is 19.2 Å². The Morgan fingerprint density at radius 3 is 2.52 bits per heavy atom. The van der Waals surface area contributed by atoms with Crippen LogP contribution in [-0.2, 0) is 4.74 Å². The van der Waals surface area contributed by atoms with Crippen molar-refractivity contribution in [3.05, 3.63) is 51.2 Å². The van der Waals surface area contributed by atoms with Crippen LogP contribution < -0.4 is 5.32 Å². The molecule has 1 aromatic heterocycles. The van der Waals surface area contributed by atoms with Gasteiger partial charge in [0, 0.05) is 11.6 Å². The number of hydrogen-bond acceptors (Lipinski definition) is 6. The van der Waals surface area contributed by atoms with Gasteiger partial charge >= 0.3 is 5.97 Å². The highest BCUT2D eigenvalue weighted by Crippen LogP contribution is 2.32. The van der Waals surface area contributed by atoms with Gasteiger partial charge < -0.3 is 10.1 Å². The lowest BCUT2D eigenvalue weighted by atomic mass is 9.94. The highest BCUT2D eigenvalue weighted by atomic mass is 32.1. The van der Waals surface area contributed by atoms with Crippen molar-refractivity contribution in [2.24, 2.45) is 0 Å². The van der Waals surface area contributed by atoms with Gasteiger partial charge in [-0.25, -0.2) is 4.79 Å². The molecule has 1 aromatic carbocycles. The minimum atomic E-state index is -0.534. The third-order valence-electron chi connectivity index (χ3n) is 5.40. The second-order valence-electron chi connectivity index (χ2n) is 7.14. The molecule has 0 saturated heterocycles. The summed E-state index contributed by atoms with van der Waals surface area (Å²) in [6, 6.07) is 6.05. The Balaban J connectivity index is 1.57. The number of methoxy groups -OCH3 is 1. The van der Waals surface area contributed by atoms with Crippen molar-refractivity contribution in [1.29, 1.82) is 0 Å². The summed E-state index contributed by atoms with van der Waals surface area (Å²) in [6.45, 7) is 0. The van der Waals surface area contributed by atoms with E-state index in [0.717, 1.165) is 43.4 Å². The molecule has 0 radical (unpaired) electrons. The highest BCUT2D eigenvalue weighted by molar-refractivity contribution is 7.12. The molecule has 1 fully saturated rings. The largest absolute Gasteiger partial charge is 0.465 e. The van der Waals surface area contributed by atoms with Crippen molar-refractivity contribution in [2.45, 2.75) is 38.1 Å². The zero-order valence-corrected chi connectivity index (χ0v) is 16.7. The van der Waals surface area contributed by atoms with Gasteiger partial charge in [-0.3, -0.25) is 19.3 Å². The Morgan fingerprint density at radius 2 is 1.79 bits per heavy atom. The number of carbonyl (C=O) groups excluding carboxylic acids is 4. The Hall–Kier alpha value is -3.00. The lowest BCUT2D eigenvalue weighted by molar-refractivity contribution is 0.0546. The van der Waals surface area contributed by atoms with Crippen LogP contribution in [0.2, 0.25) is 0 Å². The summed E-state index contributed by atoms with van der Waals surface area (Å²) < 4.78 is 4.71. The van der Waals surface area contributed by atoms with Crippen LogP contribution in [0.25, 0.3) is 0 Å². The molecule has 2 heterocycles. The number of thiophene rings is 1. The molecule has 2 aromatic rings. The molecule has 1 aliphatic carbocycles. The molecule has 8 heteroatoms. The molecular formula is C21H20N2O5S. The first-order valence-electron chi connectivity index (χ1n) is 9.50. The minimum absolute atomic E-state index is 0.0677. The Kier molecular flexibility index (Phi) is 5.19. The first-order valence-corrected chi connectivity index (χ1v) is 10.4. The fraction of sp³-hybridized carbons (Fsp3) is 0.333. The van der Waals surface area contributed by atoms with E-state index in [0.29, 0.717) is 11.3 Å². The van der Waals surface area contributed by atoms with Crippen molar-refractivity contribution in [3.8, 4) is 0 Å². The molecule has 4 rings (SSSR count). The molecule has 150 valence electrons. The predicted molar refractivity (Wildman–Crippen MR) is 107 cm³/mol. The number of ether oxygens (including phenoxy) is 1. The van der Waals surface area contributed by atoms with Crippen LogP contribution in [0.15, 0.2) is 29.6 Å². The van der Waals surface area contributed by atoms with Crippen LogP contribution in [-0.4, -0.2) is 41.7 Å². The molecule has 1 N–H and O–H groups in total. The summed E-state index contributed by atoms with van der Waals surface area (Å²) in [4.78, 5) is 51.8. The number of hydrogen-bond donors (Lipinski definition) is 1. The van der Waals surface area contributed by atoms with Crippen molar-refractivity contribution in [1.82, 2.24) is 4.90 Å². The van der Waals surface area contributed by atoms with E-state index < -0.39 is 11.9 Å². The quantitative estimate of drug-likeness (QED) is 0.610. The van der Waals surface area contributed by atoms with Crippen LogP contribution in [0, 0.1) is 0 Å². The number of carbonyl (C=O) groups is 4. The fourth-order valence-electron chi connectivity index (χ4n) is 3.92. The lowest BCUT2D eigenvalue weighted by Crippen LogP contribution is -2.40. The third kappa shape index (κ3) is 3.44. The fourth-order valence-corrected chi connectivity index (χ4v) is 4.69. The van der Waals surface area contributed by atoms with Gasteiger partial charge in [-0.2, -0.15) is 0 Å². The van der Waals surface area contributed by atoms with Gasteiger partial charge in [-0.1, -0.05) is 19.3 Å². The standard InChI is InChI=1S/C21H20N2O5S/c1-28-21(27)17-16(9-10-29-17)22-18(24)12-7-8-14-15(11-12)20(26)23(19(14)25)13-5-3-2-4-6-13/h7-11,13H,2-6H2,1H3,(H,22,24). The number of amides is 3. The molecule has 0 spiro atoms. The summed E-state index contributed by atoms with van der Waals surface area (Å²) in [5.74, 6) is -1.62. The smallest absolute Gasteiger partial charge is 0.350 e. The lowest BCUT2D eigenvalue weighted by Gasteiger charge is -2.29. The molecule has 0 atom stereocenters. The first kappa shape index (κ1) is 19.3. The van der Waals surface area contributed by atoms with Crippen LogP contribution >= 0.6 is 11.3 Å². The minimum Gasteiger partial charge on any atom is -0.465 e. The predicted octanol–water partition coefficient (Wildman–Crippen LogP) is 3.72. The third-order valence-corrected chi connectivity index (χ3v) is 6.30. The van der Waals surface area contributed by atoms with Crippen LogP contribution in [0.3, 0.4) is 0 Å². The molecule has 29 heavy (non-hydrogen) atoms. The number of nitrogens with one attached hydrogen (secondary N) is 1. The molecule has 1 aliphatic heterocycles. The Morgan fingerprint density at radius 1 is 1.07 bits per heavy atom. The summed E-state index contributed by atoms with van der Waals surface area (Å²) in [6.07, 6.45) is 4.80. The number of nitrogens with zero attached hydrogens (tertiary/aromatic N) is 1. The van der Waals surface area contributed by atoms with E-state index in [1.165, 1.54) is 30.2 Å². The maximum absolute atomic E-state index is 12.9. The van der Waals surface area contributed by atoms with Crippen molar-refractivity contribution >= 4 is 40.7 Å². The molecule has 2 aliphatic rings. The van der Waals surface area contributed by atoms with Crippen molar-refractivity contribution in [3.63, 3.8) is 0 Å². The van der Waals surface area contributed by atoms with E-state index in [1.807, 2.05) is 0 Å². The molecule has 3 amide bonds. The molecule has 0 bridgehead atoms. The normalized spacial score (nSPS) is 16.7. The molecule has 7 nitrogen and oxygen atoms in total. The Bertz CT molecular complexity index is 1010. The molecule has 1 saturated carbocycles. The maximum Gasteiger partial charge on any atom is 0.350 e. The van der Waals surface area contributed by atoms with Gasteiger partial charge in [0.1, 0.15) is 4.88 Å². The second-order valence-corrected chi connectivity index (χ2v) is 8.06. The Labute approximate surface area is 171 Å². The number of anilines is 1. The van der Waals surface area contributed by atoms with Gasteiger partial charge in [0.05, 0.1) is 23.9 Å². The summed E-state index contributed by atoms with van der Waals surface area (Å²) in [5.41, 5.74) is 1.19. The first-order chi connectivity index (χ1) is 14.0. The zero-order valence-electron chi connectivity index (χ0n) is 15.9. The summed E-state index contributed by atoms with van der Waals surface area (Å²) >= 11 is 1.16. The number of esters is 1. The highest BCUT2D eigenvalue weighted by Gasteiger charge is 2.40. The number of imide groups is 1. The van der Waals surface area contributed by atoms with E-state index in [1.54, 1.807) is 11.4 Å². The number of fused-ring (bicyclic) bond motifs is 1. The molecular weight excluding hydrogens is 392 g/mol. The van der Waals surface area contributed by atoms with E-state index >= 15 is 0 Å². The van der Waals surface area contributed by atoms with Gasteiger partial charge in [-0.05, 0) is 42.5 Å². The SMILES string of the molecule is COC(=O)c1sccc1NC(=O)c1ccc2c(c1)C(=O)N(C1CCCCC1)C2=O. The van der Waals surface area contributed by atoms with Crippen LogP contribution in [0.4, 0.5) is 5.69 Å². The number of rotatable bonds is 4.